The highest BCUT2D eigenvalue weighted by molar-refractivity contribution is 5.53. The van der Waals surface area contributed by atoms with Crippen molar-refractivity contribution in [1.29, 1.82) is 0 Å². The Balaban J connectivity index is 2.60. The minimum Gasteiger partial charge on any atom is -0.383 e. The molecule has 4 heteroatoms. The highest BCUT2D eigenvalue weighted by Crippen LogP contribution is 2.20. The normalized spacial score (nSPS) is 11.1. The van der Waals surface area contributed by atoms with Gasteiger partial charge in [-0.15, -0.1) is 0 Å². The van der Waals surface area contributed by atoms with Crippen LogP contribution in [-0.2, 0) is 11.3 Å². The number of rotatable bonds is 11. The molecule has 0 bridgehead atoms. The number of ether oxygens (including phenoxy) is 1. The molecule has 0 aliphatic rings. The van der Waals surface area contributed by atoms with Gasteiger partial charge in [-0.05, 0) is 45.6 Å². The van der Waals surface area contributed by atoms with E-state index in [9.17, 15) is 0 Å². The van der Waals surface area contributed by atoms with Crippen molar-refractivity contribution in [3.8, 4) is 0 Å². The maximum atomic E-state index is 5.08. The van der Waals surface area contributed by atoms with E-state index in [0.29, 0.717) is 0 Å². The molecule has 0 aromatic heterocycles. The molecule has 1 aromatic rings. The third-order valence-corrected chi connectivity index (χ3v) is 3.55. The summed E-state index contributed by atoms with van der Waals surface area (Å²) >= 11 is 0. The third kappa shape index (κ3) is 6.93. The summed E-state index contributed by atoms with van der Waals surface area (Å²) < 4.78 is 5.08. The van der Waals surface area contributed by atoms with E-state index >= 15 is 0 Å². The minimum atomic E-state index is 0.752. The molecule has 0 amide bonds. The largest absolute Gasteiger partial charge is 0.383 e. The molecule has 0 saturated carbocycles. The fourth-order valence-electron chi connectivity index (χ4n) is 2.39. The lowest BCUT2D eigenvalue weighted by atomic mass is 10.1. The van der Waals surface area contributed by atoms with Gasteiger partial charge in [0.15, 0.2) is 0 Å². The standard InChI is InChI=1S/C17H31N3O/c1-5-20(13-8-12-19(2)3)17-10-7-6-9-16(17)15-18-11-14-21-4/h6-7,9-10,18H,5,8,11-15H2,1-4H3. The van der Waals surface area contributed by atoms with Crippen LogP contribution in [0.1, 0.15) is 18.9 Å². The summed E-state index contributed by atoms with van der Waals surface area (Å²) in [6.07, 6.45) is 1.19. The molecule has 0 fully saturated rings. The van der Waals surface area contributed by atoms with Crippen molar-refractivity contribution in [1.82, 2.24) is 10.2 Å². The minimum absolute atomic E-state index is 0.752. The maximum absolute atomic E-state index is 5.08. The molecule has 0 aliphatic heterocycles. The first-order valence-electron chi connectivity index (χ1n) is 7.86. The fourth-order valence-corrected chi connectivity index (χ4v) is 2.39. The van der Waals surface area contributed by atoms with Crippen LogP contribution in [0.25, 0.3) is 0 Å². The number of methoxy groups -OCH3 is 1. The number of benzene rings is 1. The van der Waals surface area contributed by atoms with Crippen LogP contribution in [0, 0.1) is 0 Å². The molecule has 1 N–H and O–H groups in total. The number of anilines is 1. The lowest BCUT2D eigenvalue weighted by Crippen LogP contribution is -2.29. The Kier molecular flexibility index (Phi) is 9.06. The van der Waals surface area contributed by atoms with Gasteiger partial charge in [0.1, 0.15) is 0 Å². The van der Waals surface area contributed by atoms with Crippen LogP contribution < -0.4 is 10.2 Å². The highest BCUT2D eigenvalue weighted by atomic mass is 16.5. The summed E-state index contributed by atoms with van der Waals surface area (Å²) in [7, 11) is 5.99. The Hall–Kier alpha value is -1.10. The van der Waals surface area contributed by atoms with E-state index in [1.54, 1.807) is 7.11 Å². The zero-order valence-corrected chi connectivity index (χ0v) is 14.1. The first-order valence-corrected chi connectivity index (χ1v) is 7.86. The number of hydrogen-bond acceptors (Lipinski definition) is 4. The monoisotopic (exact) mass is 293 g/mol. The predicted molar refractivity (Wildman–Crippen MR) is 91.1 cm³/mol. The number of nitrogens with one attached hydrogen (secondary N) is 1. The second kappa shape index (κ2) is 10.6. The molecule has 1 aromatic carbocycles. The lowest BCUT2D eigenvalue weighted by Gasteiger charge is -2.26. The molecule has 0 unspecified atom stereocenters. The van der Waals surface area contributed by atoms with Crippen LogP contribution in [0.2, 0.25) is 0 Å². The smallest absolute Gasteiger partial charge is 0.0587 e. The van der Waals surface area contributed by atoms with Crippen molar-refractivity contribution in [2.24, 2.45) is 0 Å². The molecule has 120 valence electrons. The van der Waals surface area contributed by atoms with Gasteiger partial charge in [0, 0.05) is 39.0 Å². The zero-order valence-electron chi connectivity index (χ0n) is 14.1. The maximum Gasteiger partial charge on any atom is 0.0587 e. The van der Waals surface area contributed by atoms with Gasteiger partial charge in [0.2, 0.25) is 0 Å². The average molecular weight is 293 g/mol. The van der Waals surface area contributed by atoms with Crippen LogP contribution in [-0.4, -0.2) is 58.9 Å². The van der Waals surface area contributed by atoms with E-state index < -0.39 is 0 Å². The summed E-state index contributed by atoms with van der Waals surface area (Å²) in [6.45, 7) is 8.03. The molecule has 0 heterocycles. The van der Waals surface area contributed by atoms with E-state index in [2.05, 4.69) is 60.4 Å². The molecular formula is C17H31N3O. The van der Waals surface area contributed by atoms with Crippen molar-refractivity contribution in [2.45, 2.75) is 19.9 Å². The Bertz CT molecular complexity index is 382. The molecule has 0 radical (unpaired) electrons. The van der Waals surface area contributed by atoms with Crippen LogP contribution in [0.4, 0.5) is 5.69 Å². The second-order valence-electron chi connectivity index (χ2n) is 5.53. The molecular weight excluding hydrogens is 262 g/mol. The zero-order chi connectivity index (χ0) is 15.5. The van der Waals surface area contributed by atoms with Crippen molar-refractivity contribution < 1.29 is 4.74 Å². The molecule has 4 nitrogen and oxygen atoms in total. The van der Waals surface area contributed by atoms with Gasteiger partial charge in [-0.3, -0.25) is 0 Å². The van der Waals surface area contributed by atoms with Crippen molar-refractivity contribution in [2.75, 3.05) is 58.9 Å². The second-order valence-corrected chi connectivity index (χ2v) is 5.53. The Morgan fingerprint density at radius 3 is 2.57 bits per heavy atom. The van der Waals surface area contributed by atoms with E-state index in [1.807, 2.05) is 0 Å². The van der Waals surface area contributed by atoms with Crippen molar-refractivity contribution in [3.05, 3.63) is 29.8 Å². The van der Waals surface area contributed by atoms with Gasteiger partial charge in [0.05, 0.1) is 6.61 Å². The van der Waals surface area contributed by atoms with Crippen molar-refractivity contribution >= 4 is 5.69 Å². The third-order valence-electron chi connectivity index (χ3n) is 3.55. The first-order chi connectivity index (χ1) is 10.2. The van der Waals surface area contributed by atoms with Crippen LogP contribution in [0.15, 0.2) is 24.3 Å². The molecule has 0 saturated heterocycles. The molecule has 1 rings (SSSR count). The quantitative estimate of drug-likeness (QED) is 0.633. The van der Waals surface area contributed by atoms with Crippen LogP contribution in [0.3, 0.4) is 0 Å². The van der Waals surface area contributed by atoms with E-state index in [1.165, 1.54) is 17.7 Å². The average Bonchev–Trinajstić information content (AvgIpc) is 2.48. The summed E-state index contributed by atoms with van der Waals surface area (Å²) in [4.78, 5) is 4.71. The summed E-state index contributed by atoms with van der Waals surface area (Å²) in [5, 5.41) is 3.44. The number of hydrogen-bond donors (Lipinski definition) is 1. The van der Waals surface area contributed by atoms with Gasteiger partial charge >= 0.3 is 0 Å². The van der Waals surface area contributed by atoms with Crippen LogP contribution >= 0.6 is 0 Å². The SMILES string of the molecule is CCN(CCCN(C)C)c1ccccc1CNCCOC. The summed E-state index contributed by atoms with van der Waals surface area (Å²) in [6, 6.07) is 8.68. The summed E-state index contributed by atoms with van der Waals surface area (Å²) in [5.41, 5.74) is 2.71. The van der Waals surface area contributed by atoms with Crippen molar-refractivity contribution in [3.63, 3.8) is 0 Å². The topological polar surface area (TPSA) is 27.7 Å². The molecule has 0 aliphatic carbocycles. The fraction of sp³-hybridized carbons (Fsp3) is 0.647. The highest BCUT2D eigenvalue weighted by Gasteiger charge is 2.09. The van der Waals surface area contributed by atoms with Crippen LogP contribution in [0.5, 0.6) is 0 Å². The van der Waals surface area contributed by atoms with Gasteiger partial charge in [-0.1, -0.05) is 18.2 Å². The molecule has 0 atom stereocenters. The Labute approximate surface area is 130 Å². The first kappa shape index (κ1) is 18.0. The van der Waals surface area contributed by atoms with Gasteiger partial charge in [-0.25, -0.2) is 0 Å². The van der Waals surface area contributed by atoms with Gasteiger partial charge in [0.25, 0.3) is 0 Å². The van der Waals surface area contributed by atoms with E-state index in [-0.39, 0.29) is 0 Å². The predicted octanol–water partition coefficient (Wildman–Crippen LogP) is 2.20. The number of nitrogens with zero attached hydrogens (tertiary/aromatic N) is 2. The lowest BCUT2D eigenvalue weighted by molar-refractivity contribution is 0.199. The Morgan fingerprint density at radius 2 is 1.90 bits per heavy atom. The van der Waals surface area contributed by atoms with E-state index in [4.69, 9.17) is 4.74 Å². The Morgan fingerprint density at radius 1 is 1.14 bits per heavy atom. The van der Waals surface area contributed by atoms with Gasteiger partial charge < -0.3 is 19.9 Å². The summed E-state index contributed by atoms with van der Waals surface area (Å²) in [5.74, 6) is 0. The molecule has 21 heavy (non-hydrogen) atoms. The molecule has 0 spiro atoms. The van der Waals surface area contributed by atoms with Gasteiger partial charge in [-0.2, -0.15) is 0 Å². The number of para-hydroxylation sites is 1. The van der Waals surface area contributed by atoms with E-state index in [0.717, 1.165) is 39.3 Å².